The minimum Gasteiger partial charge on any atom is -0.313 e. The topological polar surface area (TPSA) is 12.0 Å². The minimum absolute atomic E-state index is 0.179. The van der Waals surface area contributed by atoms with Gasteiger partial charge in [0.1, 0.15) is 0 Å². The predicted octanol–water partition coefficient (Wildman–Crippen LogP) is 5.48. The monoisotopic (exact) mass is 363 g/mol. The summed E-state index contributed by atoms with van der Waals surface area (Å²) in [7, 11) is 1.85. The Kier molecular flexibility index (Phi) is 4.56. The molecule has 0 bridgehead atoms. The maximum Gasteiger partial charge on any atom is 0.416 e. The van der Waals surface area contributed by atoms with Gasteiger partial charge in [-0.2, -0.15) is 13.2 Å². The van der Waals surface area contributed by atoms with Crippen molar-refractivity contribution in [1.29, 1.82) is 0 Å². The maximum absolute atomic E-state index is 12.8. The summed E-state index contributed by atoms with van der Waals surface area (Å²) in [5.41, 5.74) is -0.0632. The van der Waals surface area contributed by atoms with Crippen LogP contribution in [0.5, 0.6) is 0 Å². The Labute approximate surface area is 128 Å². The molecule has 0 fully saturated rings. The summed E-state index contributed by atoms with van der Waals surface area (Å²) in [5.74, 6) is 0. The molecule has 0 saturated carbocycles. The second-order valence-corrected chi connectivity index (χ2v) is 6.37. The van der Waals surface area contributed by atoms with Gasteiger partial charge in [-0.1, -0.05) is 15.9 Å². The molecule has 0 spiro atoms. The lowest BCUT2D eigenvalue weighted by Gasteiger charge is -2.10. The van der Waals surface area contributed by atoms with E-state index in [0.29, 0.717) is 10.0 Å². The first-order chi connectivity index (χ1) is 9.32. The van der Waals surface area contributed by atoms with Gasteiger partial charge in [-0.15, -0.1) is 11.3 Å². The van der Waals surface area contributed by atoms with Crippen LogP contribution in [0.3, 0.4) is 0 Å². The Bertz CT molecular complexity index is 607. The van der Waals surface area contributed by atoms with Crippen molar-refractivity contribution < 1.29 is 13.2 Å². The van der Waals surface area contributed by atoms with Gasteiger partial charge >= 0.3 is 6.18 Å². The fourth-order valence-electron chi connectivity index (χ4n) is 1.76. The summed E-state index contributed by atoms with van der Waals surface area (Å²) in [4.78, 5) is 1.91. The van der Waals surface area contributed by atoms with E-state index in [-0.39, 0.29) is 6.04 Å². The van der Waals surface area contributed by atoms with Gasteiger partial charge in [0.25, 0.3) is 0 Å². The SMILES string of the molecule is CNC(C)c1ccc(-c2cc(C(F)(F)F)ccc2Br)s1. The molecule has 1 heterocycles. The van der Waals surface area contributed by atoms with E-state index in [4.69, 9.17) is 0 Å². The van der Waals surface area contributed by atoms with Crippen molar-refractivity contribution in [2.24, 2.45) is 0 Å². The lowest BCUT2D eigenvalue weighted by molar-refractivity contribution is -0.137. The van der Waals surface area contributed by atoms with E-state index >= 15 is 0 Å². The molecule has 108 valence electrons. The van der Waals surface area contributed by atoms with Crippen molar-refractivity contribution in [2.45, 2.75) is 19.1 Å². The standard InChI is InChI=1S/C14H13BrF3NS/c1-8(19-2)12-5-6-13(20-12)10-7-9(14(16,17)18)3-4-11(10)15/h3-8,19H,1-2H3. The number of rotatable bonds is 3. The van der Waals surface area contributed by atoms with E-state index in [1.54, 1.807) is 0 Å². The summed E-state index contributed by atoms with van der Waals surface area (Å²) in [6, 6.07) is 7.68. The fraction of sp³-hybridized carbons (Fsp3) is 0.286. The van der Waals surface area contributed by atoms with Gasteiger partial charge in [0, 0.05) is 25.8 Å². The van der Waals surface area contributed by atoms with Gasteiger partial charge in [0.05, 0.1) is 5.56 Å². The highest BCUT2D eigenvalue weighted by Gasteiger charge is 2.31. The van der Waals surface area contributed by atoms with Crippen molar-refractivity contribution >= 4 is 27.3 Å². The highest BCUT2D eigenvalue weighted by Crippen LogP contribution is 2.39. The van der Waals surface area contributed by atoms with E-state index in [1.807, 2.05) is 26.1 Å². The van der Waals surface area contributed by atoms with Crippen LogP contribution in [0.4, 0.5) is 13.2 Å². The summed E-state index contributed by atoms with van der Waals surface area (Å²) in [5, 5.41) is 3.11. The maximum atomic E-state index is 12.8. The van der Waals surface area contributed by atoms with Crippen LogP contribution in [0, 0.1) is 0 Å². The Morgan fingerprint density at radius 3 is 2.50 bits per heavy atom. The number of hydrogen-bond acceptors (Lipinski definition) is 2. The smallest absolute Gasteiger partial charge is 0.313 e. The molecular formula is C14H13BrF3NS. The third kappa shape index (κ3) is 3.24. The Morgan fingerprint density at radius 1 is 1.20 bits per heavy atom. The van der Waals surface area contributed by atoms with E-state index in [1.165, 1.54) is 23.5 Å². The first-order valence-corrected chi connectivity index (χ1v) is 7.58. The van der Waals surface area contributed by atoms with Crippen LogP contribution in [0.25, 0.3) is 10.4 Å². The van der Waals surface area contributed by atoms with Crippen LogP contribution >= 0.6 is 27.3 Å². The van der Waals surface area contributed by atoms with Crippen LogP contribution < -0.4 is 5.32 Å². The molecule has 1 nitrogen and oxygen atoms in total. The zero-order chi connectivity index (χ0) is 14.9. The first kappa shape index (κ1) is 15.5. The minimum atomic E-state index is -4.33. The van der Waals surface area contributed by atoms with E-state index in [0.717, 1.165) is 15.8 Å². The second-order valence-electron chi connectivity index (χ2n) is 4.40. The Morgan fingerprint density at radius 2 is 1.90 bits per heavy atom. The van der Waals surface area contributed by atoms with Gasteiger partial charge in [-0.25, -0.2) is 0 Å². The van der Waals surface area contributed by atoms with Gasteiger partial charge in [0.2, 0.25) is 0 Å². The molecule has 1 N–H and O–H groups in total. The van der Waals surface area contributed by atoms with E-state index < -0.39 is 11.7 Å². The van der Waals surface area contributed by atoms with Crippen molar-refractivity contribution in [1.82, 2.24) is 5.32 Å². The number of thiophene rings is 1. The molecule has 1 atom stereocenters. The number of benzene rings is 1. The third-order valence-electron chi connectivity index (χ3n) is 3.05. The predicted molar refractivity (Wildman–Crippen MR) is 79.9 cm³/mol. The normalized spacial score (nSPS) is 13.5. The number of nitrogens with one attached hydrogen (secondary N) is 1. The van der Waals surface area contributed by atoms with Crippen LogP contribution in [0.15, 0.2) is 34.8 Å². The van der Waals surface area contributed by atoms with Crippen LogP contribution in [-0.2, 0) is 6.18 Å². The molecule has 0 aliphatic rings. The van der Waals surface area contributed by atoms with Crippen molar-refractivity contribution in [2.75, 3.05) is 7.05 Å². The van der Waals surface area contributed by atoms with Crippen LogP contribution in [0.2, 0.25) is 0 Å². The van der Waals surface area contributed by atoms with Crippen molar-refractivity contribution in [3.8, 4) is 10.4 Å². The molecule has 6 heteroatoms. The molecule has 1 unspecified atom stereocenters. The highest BCUT2D eigenvalue weighted by atomic mass is 79.9. The van der Waals surface area contributed by atoms with Crippen molar-refractivity contribution in [3.63, 3.8) is 0 Å². The Balaban J connectivity index is 2.44. The quantitative estimate of drug-likeness (QED) is 0.761. The largest absolute Gasteiger partial charge is 0.416 e. The summed E-state index contributed by atoms with van der Waals surface area (Å²) >= 11 is 4.81. The number of halogens is 4. The zero-order valence-corrected chi connectivity index (χ0v) is 13.3. The molecule has 0 aliphatic heterocycles. The first-order valence-electron chi connectivity index (χ1n) is 5.97. The lowest BCUT2D eigenvalue weighted by Crippen LogP contribution is -2.10. The molecule has 2 aromatic rings. The molecule has 0 radical (unpaired) electrons. The average molecular weight is 364 g/mol. The second kappa shape index (κ2) is 5.87. The van der Waals surface area contributed by atoms with Crippen molar-refractivity contribution in [3.05, 3.63) is 45.2 Å². The van der Waals surface area contributed by atoms with Gasteiger partial charge < -0.3 is 5.32 Å². The van der Waals surface area contributed by atoms with Crippen LogP contribution in [-0.4, -0.2) is 7.05 Å². The van der Waals surface area contributed by atoms with E-state index in [2.05, 4.69) is 21.2 Å². The summed E-state index contributed by atoms with van der Waals surface area (Å²) in [6.07, 6.45) is -4.33. The van der Waals surface area contributed by atoms with Gasteiger partial charge in [-0.3, -0.25) is 0 Å². The Hall–Kier alpha value is -0.850. The molecule has 0 amide bonds. The molecular weight excluding hydrogens is 351 g/mol. The molecule has 20 heavy (non-hydrogen) atoms. The molecule has 2 rings (SSSR count). The number of hydrogen-bond donors (Lipinski definition) is 1. The zero-order valence-electron chi connectivity index (χ0n) is 10.9. The molecule has 1 aromatic heterocycles. The number of alkyl halides is 3. The molecule has 1 aromatic carbocycles. The lowest BCUT2D eigenvalue weighted by atomic mass is 10.1. The van der Waals surface area contributed by atoms with E-state index in [9.17, 15) is 13.2 Å². The highest BCUT2D eigenvalue weighted by molar-refractivity contribution is 9.10. The van der Waals surface area contributed by atoms with Gasteiger partial charge in [-0.05, 0) is 44.3 Å². The third-order valence-corrected chi connectivity index (χ3v) is 5.04. The average Bonchev–Trinajstić information content (AvgIpc) is 2.86. The molecule has 0 saturated heterocycles. The fourth-order valence-corrected chi connectivity index (χ4v) is 3.45. The van der Waals surface area contributed by atoms with Gasteiger partial charge in [0.15, 0.2) is 0 Å². The molecule has 0 aliphatic carbocycles. The summed E-state index contributed by atoms with van der Waals surface area (Å²) in [6.45, 7) is 2.01. The van der Waals surface area contributed by atoms with Crippen LogP contribution in [0.1, 0.15) is 23.4 Å². The summed E-state index contributed by atoms with van der Waals surface area (Å²) < 4.78 is 39.0.